The zero-order chi connectivity index (χ0) is 11.4. The quantitative estimate of drug-likeness (QED) is 0.882. The summed E-state index contributed by atoms with van der Waals surface area (Å²) in [7, 11) is 0. The number of rotatable bonds is 4. The Balaban J connectivity index is 2.03. The molecule has 1 aromatic carbocycles. The number of hydrogen-bond donors (Lipinski definition) is 1. The number of hydrogen-bond acceptors (Lipinski definition) is 4. The fourth-order valence-corrected chi connectivity index (χ4v) is 2.12. The molecule has 0 saturated heterocycles. The van der Waals surface area contributed by atoms with Crippen molar-refractivity contribution in [2.45, 2.75) is 25.8 Å². The fraction of sp³-hybridized carbons (Fsp3) is 0.333. The van der Waals surface area contributed by atoms with E-state index in [1.54, 1.807) is 0 Å². The van der Waals surface area contributed by atoms with Crippen LogP contribution in [-0.2, 0) is 12.8 Å². The second kappa shape index (κ2) is 5.18. The van der Waals surface area contributed by atoms with Gasteiger partial charge < -0.3 is 5.73 Å². The number of nitrogens with two attached hydrogens (primary N) is 1. The molecule has 0 bridgehead atoms. The van der Waals surface area contributed by atoms with Crippen LogP contribution in [0.2, 0.25) is 0 Å². The summed E-state index contributed by atoms with van der Waals surface area (Å²) in [6, 6.07) is 8.53. The van der Waals surface area contributed by atoms with E-state index in [9.17, 15) is 0 Å². The van der Waals surface area contributed by atoms with E-state index < -0.39 is 0 Å². The predicted molar refractivity (Wildman–Crippen MR) is 66.4 cm³/mol. The van der Waals surface area contributed by atoms with E-state index in [0.717, 1.165) is 18.5 Å². The minimum absolute atomic E-state index is 0.0498. The molecule has 0 fully saturated rings. The summed E-state index contributed by atoms with van der Waals surface area (Å²) >= 11 is 1.34. The summed E-state index contributed by atoms with van der Waals surface area (Å²) in [5.41, 5.74) is 9.53. The van der Waals surface area contributed by atoms with Gasteiger partial charge in [-0.3, -0.25) is 0 Å². The van der Waals surface area contributed by atoms with Gasteiger partial charge in [0.2, 0.25) is 0 Å². The minimum atomic E-state index is -0.0498. The number of aryl methyl sites for hydroxylation is 1. The first-order valence-corrected chi connectivity index (χ1v) is 6.23. The third-order valence-corrected chi connectivity index (χ3v) is 3.17. The first kappa shape index (κ1) is 11.2. The SMILES string of the molecule is CCc1ccc(CC(N)c2csnn2)cc1. The highest BCUT2D eigenvalue weighted by Crippen LogP contribution is 2.15. The topological polar surface area (TPSA) is 51.8 Å². The molecule has 1 atom stereocenters. The zero-order valence-corrected chi connectivity index (χ0v) is 10.1. The van der Waals surface area contributed by atoms with Gasteiger partial charge >= 0.3 is 0 Å². The lowest BCUT2D eigenvalue weighted by atomic mass is 10.0. The molecule has 4 heteroatoms. The van der Waals surface area contributed by atoms with Crippen LogP contribution in [-0.4, -0.2) is 9.59 Å². The predicted octanol–water partition coefficient (Wildman–Crippen LogP) is 2.34. The lowest BCUT2D eigenvalue weighted by Crippen LogP contribution is -2.13. The van der Waals surface area contributed by atoms with Crippen LogP contribution in [0, 0.1) is 0 Å². The van der Waals surface area contributed by atoms with Gasteiger partial charge in [-0.2, -0.15) is 0 Å². The Bertz CT molecular complexity index is 422. The van der Waals surface area contributed by atoms with E-state index in [0.29, 0.717) is 0 Å². The van der Waals surface area contributed by atoms with E-state index in [1.165, 1.54) is 22.7 Å². The Morgan fingerprint density at radius 3 is 2.50 bits per heavy atom. The van der Waals surface area contributed by atoms with Crippen LogP contribution in [0.3, 0.4) is 0 Å². The molecule has 2 aromatic rings. The lowest BCUT2D eigenvalue weighted by molar-refractivity contribution is 0.692. The minimum Gasteiger partial charge on any atom is -0.322 e. The number of nitrogens with zero attached hydrogens (tertiary/aromatic N) is 2. The molecule has 3 nitrogen and oxygen atoms in total. The van der Waals surface area contributed by atoms with Crippen LogP contribution in [0.15, 0.2) is 29.6 Å². The van der Waals surface area contributed by atoms with E-state index in [1.807, 2.05) is 5.38 Å². The molecule has 2 rings (SSSR count). The van der Waals surface area contributed by atoms with Gasteiger partial charge in [0, 0.05) is 5.38 Å². The Kier molecular flexibility index (Phi) is 3.64. The highest BCUT2D eigenvalue weighted by Gasteiger charge is 2.09. The van der Waals surface area contributed by atoms with Crippen molar-refractivity contribution < 1.29 is 0 Å². The van der Waals surface area contributed by atoms with Gasteiger partial charge in [0.15, 0.2) is 0 Å². The van der Waals surface area contributed by atoms with E-state index in [-0.39, 0.29) is 6.04 Å². The van der Waals surface area contributed by atoms with Crippen LogP contribution >= 0.6 is 11.5 Å². The van der Waals surface area contributed by atoms with Gasteiger partial charge in [0.25, 0.3) is 0 Å². The van der Waals surface area contributed by atoms with Gasteiger partial charge in [0.1, 0.15) is 0 Å². The molecule has 1 unspecified atom stereocenters. The van der Waals surface area contributed by atoms with Crippen LogP contribution in [0.25, 0.3) is 0 Å². The van der Waals surface area contributed by atoms with Crippen molar-refractivity contribution in [2.24, 2.45) is 5.73 Å². The highest BCUT2D eigenvalue weighted by molar-refractivity contribution is 7.03. The van der Waals surface area contributed by atoms with Crippen LogP contribution in [0.1, 0.15) is 29.8 Å². The average molecular weight is 233 g/mol. The molecule has 0 amide bonds. The Labute approximate surface area is 99.5 Å². The number of aromatic nitrogens is 2. The normalized spacial score (nSPS) is 12.6. The van der Waals surface area contributed by atoms with Crippen LogP contribution < -0.4 is 5.73 Å². The maximum Gasteiger partial charge on any atom is 0.0925 e. The smallest absolute Gasteiger partial charge is 0.0925 e. The average Bonchev–Trinajstić information content (AvgIpc) is 2.83. The molecule has 0 aliphatic rings. The fourth-order valence-electron chi connectivity index (χ4n) is 1.60. The second-order valence-electron chi connectivity index (χ2n) is 3.81. The first-order valence-electron chi connectivity index (χ1n) is 5.40. The van der Waals surface area contributed by atoms with Gasteiger partial charge in [0.05, 0.1) is 11.7 Å². The van der Waals surface area contributed by atoms with E-state index >= 15 is 0 Å². The molecule has 1 aromatic heterocycles. The van der Waals surface area contributed by atoms with E-state index in [2.05, 4.69) is 40.8 Å². The molecule has 16 heavy (non-hydrogen) atoms. The molecular formula is C12H15N3S. The summed E-state index contributed by atoms with van der Waals surface area (Å²) in [5.74, 6) is 0. The Morgan fingerprint density at radius 1 is 1.25 bits per heavy atom. The molecule has 0 aliphatic carbocycles. The van der Waals surface area contributed by atoms with E-state index in [4.69, 9.17) is 5.73 Å². The van der Waals surface area contributed by atoms with Crippen molar-refractivity contribution in [2.75, 3.05) is 0 Å². The van der Waals surface area contributed by atoms with Crippen LogP contribution in [0.4, 0.5) is 0 Å². The third kappa shape index (κ3) is 2.65. The zero-order valence-electron chi connectivity index (χ0n) is 9.26. The molecular weight excluding hydrogens is 218 g/mol. The molecule has 0 radical (unpaired) electrons. The molecule has 84 valence electrons. The molecule has 2 N–H and O–H groups in total. The first-order chi connectivity index (χ1) is 7.79. The maximum atomic E-state index is 6.05. The van der Waals surface area contributed by atoms with Crippen molar-refractivity contribution in [3.05, 3.63) is 46.5 Å². The molecule has 0 saturated carbocycles. The van der Waals surface area contributed by atoms with Crippen molar-refractivity contribution in [1.82, 2.24) is 9.59 Å². The number of benzene rings is 1. The summed E-state index contributed by atoms with van der Waals surface area (Å²) in [4.78, 5) is 0. The Morgan fingerprint density at radius 2 is 1.94 bits per heavy atom. The van der Waals surface area contributed by atoms with Gasteiger partial charge in [-0.25, -0.2) is 0 Å². The maximum absolute atomic E-state index is 6.05. The van der Waals surface area contributed by atoms with Crippen molar-refractivity contribution >= 4 is 11.5 Å². The summed E-state index contributed by atoms with van der Waals surface area (Å²) < 4.78 is 3.82. The summed E-state index contributed by atoms with van der Waals surface area (Å²) in [5, 5.41) is 5.90. The van der Waals surface area contributed by atoms with Crippen LogP contribution in [0.5, 0.6) is 0 Å². The van der Waals surface area contributed by atoms with Crippen molar-refractivity contribution in [3.8, 4) is 0 Å². The standard InChI is InChI=1S/C12H15N3S/c1-2-9-3-5-10(6-4-9)7-11(13)12-8-16-15-14-12/h3-6,8,11H,2,7,13H2,1H3. The Hall–Kier alpha value is -1.26. The molecule has 0 spiro atoms. The molecule has 1 heterocycles. The van der Waals surface area contributed by atoms with Gasteiger partial charge in [-0.1, -0.05) is 35.7 Å². The van der Waals surface area contributed by atoms with Gasteiger partial charge in [-0.05, 0) is 35.5 Å². The monoisotopic (exact) mass is 233 g/mol. The van der Waals surface area contributed by atoms with Crippen molar-refractivity contribution in [1.29, 1.82) is 0 Å². The second-order valence-corrected chi connectivity index (χ2v) is 4.42. The lowest BCUT2D eigenvalue weighted by Gasteiger charge is -2.08. The van der Waals surface area contributed by atoms with Crippen molar-refractivity contribution in [3.63, 3.8) is 0 Å². The molecule has 0 aliphatic heterocycles. The summed E-state index contributed by atoms with van der Waals surface area (Å²) in [6.07, 6.45) is 1.89. The van der Waals surface area contributed by atoms with Gasteiger partial charge in [-0.15, -0.1) is 5.10 Å². The summed E-state index contributed by atoms with van der Waals surface area (Å²) in [6.45, 7) is 2.15. The largest absolute Gasteiger partial charge is 0.322 e. The highest BCUT2D eigenvalue weighted by atomic mass is 32.1. The third-order valence-electron chi connectivity index (χ3n) is 2.64.